The molecule has 0 spiro atoms. The van der Waals surface area contributed by atoms with Crippen molar-refractivity contribution in [3.8, 4) is 0 Å². The second kappa shape index (κ2) is 29.3. The molecule has 2 aliphatic carbocycles. The van der Waals surface area contributed by atoms with Gasteiger partial charge in [0.25, 0.3) is 11.8 Å². The van der Waals surface area contributed by atoms with E-state index >= 15 is 0 Å². The van der Waals surface area contributed by atoms with Crippen LogP contribution in [0.4, 0.5) is 11.4 Å². The van der Waals surface area contributed by atoms with Crippen LogP contribution in [0.25, 0.3) is 10.4 Å². The highest BCUT2D eigenvalue weighted by atomic mass is 35.5. The van der Waals surface area contributed by atoms with Gasteiger partial charge in [0.05, 0.1) is 45.4 Å². The van der Waals surface area contributed by atoms with E-state index < -0.39 is 46.7 Å². The number of unbranched alkanes of at least 4 members (excludes halogenated alkanes) is 2. The Morgan fingerprint density at radius 3 is 1.30 bits per heavy atom. The summed E-state index contributed by atoms with van der Waals surface area (Å²) in [5, 5.41) is 16.0. The van der Waals surface area contributed by atoms with Crippen LogP contribution < -0.4 is 27.0 Å². The molecule has 16 nitrogen and oxygen atoms in total. The lowest BCUT2D eigenvalue weighted by Gasteiger charge is -2.30. The van der Waals surface area contributed by atoms with Crippen LogP contribution in [0.15, 0.2) is 90.0 Å². The zero-order chi connectivity index (χ0) is 53.7. The largest absolute Gasteiger partial charge is 0.467 e. The summed E-state index contributed by atoms with van der Waals surface area (Å²) in [5.41, 5.74) is 16.2. The monoisotopic (exact) mass is 1090 g/mol. The molecule has 6 rings (SSSR count). The minimum atomic E-state index is -0.851. The minimum Gasteiger partial charge on any atom is -0.467 e. The van der Waals surface area contributed by atoms with Crippen molar-refractivity contribution in [3.05, 3.63) is 138 Å². The molecule has 2 atom stereocenters. The first-order valence-electron chi connectivity index (χ1n) is 24.8. The van der Waals surface area contributed by atoms with E-state index in [9.17, 15) is 28.8 Å². The Hall–Kier alpha value is -5.87. The minimum absolute atomic E-state index is 0.0899. The number of halogens is 4. The van der Waals surface area contributed by atoms with E-state index in [4.69, 9.17) is 67.1 Å². The van der Waals surface area contributed by atoms with E-state index in [-0.39, 0.29) is 55.9 Å². The number of ether oxygens (including phenoxy) is 2. The first-order chi connectivity index (χ1) is 35.6. The Morgan fingerprint density at radius 1 is 0.595 bits per heavy atom. The smallest absolute Gasteiger partial charge is 0.328 e. The van der Waals surface area contributed by atoms with Crippen LogP contribution in [-0.2, 0) is 41.5 Å². The third-order valence-corrected chi connectivity index (χ3v) is 14.9. The molecule has 2 unspecified atom stereocenters. The van der Waals surface area contributed by atoms with E-state index in [1.807, 2.05) is 0 Å². The molecule has 74 heavy (non-hydrogen) atoms. The van der Waals surface area contributed by atoms with Gasteiger partial charge in [-0.3, -0.25) is 19.2 Å². The fraction of sp³-hybridized carbons (Fsp3) is 0.444. The number of nitrogens with zero attached hydrogens (tertiary/aromatic N) is 3. The van der Waals surface area contributed by atoms with Gasteiger partial charge < -0.3 is 36.5 Å². The number of methoxy groups -OCH3 is 2. The number of hydrogen-bond acceptors (Lipinski definition) is 10. The van der Waals surface area contributed by atoms with E-state index in [1.165, 1.54) is 14.2 Å². The molecular formula is C54H64Cl4N8O8. The van der Waals surface area contributed by atoms with Crippen LogP contribution in [0, 0.1) is 10.8 Å². The maximum Gasteiger partial charge on any atom is 0.328 e. The number of nitrogens with one attached hydrogen (secondary N) is 4. The normalized spacial score (nSPS) is 15.0. The average Bonchev–Trinajstić information content (AvgIpc) is 4.09. The average molecular weight is 1090 g/mol. The van der Waals surface area contributed by atoms with Gasteiger partial charge in [0.15, 0.2) is 0 Å². The Labute approximate surface area is 452 Å². The number of anilines is 2. The topological polar surface area (TPSA) is 244 Å². The van der Waals surface area contributed by atoms with Gasteiger partial charge in [0, 0.05) is 46.5 Å². The van der Waals surface area contributed by atoms with Gasteiger partial charge in [-0.15, -0.1) is 0 Å². The highest BCUT2D eigenvalue weighted by Crippen LogP contribution is 2.44. The highest BCUT2D eigenvalue weighted by molar-refractivity contribution is 6.41. The summed E-state index contributed by atoms with van der Waals surface area (Å²) >= 11 is 24.5. The number of nitrogens with two attached hydrogens (primary N) is 1. The fourth-order valence-corrected chi connectivity index (χ4v) is 10.8. The standard InChI is InChI=1S/C27H31Cl2N5O4.C27H33Cl2N3O4/c1-38-25(36)22(33-26(37)27(13-2-3-14-27)15-4-5-16-31-34-30)17-18-9-11-19(12-10-18)32-24(35)23-20(28)7-6-8-21(23)29;1-36-25(34)22(32-26(35)27(13-2-3-14-27)15-4-5-16-30)17-18-9-11-19(12-10-18)31-24(33)23-20(28)7-6-8-21(23)29/h6-12,22H,2-5,13-17H2,1H3,(H,32,35)(H,33,37);6-12,22H,2-5,13-17,30H2,1H3,(H,31,33)(H,32,35). The molecule has 0 aliphatic heterocycles. The van der Waals surface area contributed by atoms with Crippen molar-refractivity contribution < 1.29 is 38.2 Å². The second-order valence-corrected chi connectivity index (χ2v) is 20.3. The Bertz CT molecular complexity index is 2580. The molecule has 0 saturated heterocycles. The van der Waals surface area contributed by atoms with Gasteiger partial charge in [-0.05, 0) is 123 Å². The van der Waals surface area contributed by atoms with Crippen molar-refractivity contribution in [2.45, 2.75) is 115 Å². The van der Waals surface area contributed by atoms with E-state index in [0.29, 0.717) is 37.3 Å². The van der Waals surface area contributed by atoms with E-state index in [0.717, 1.165) is 88.2 Å². The molecule has 2 fully saturated rings. The van der Waals surface area contributed by atoms with Gasteiger partial charge in [-0.1, -0.05) is 126 Å². The number of carbonyl (C=O) groups excluding carboxylic acids is 6. The van der Waals surface area contributed by atoms with Crippen LogP contribution >= 0.6 is 46.4 Å². The summed E-state index contributed by atoms with van der Waals surface area (Å²) in [4.78, 5) is 79.9. The number of benzene rings is 4. The predicted octanol–water partition coefficient (Wildman–Crippen LogP) is 11.6. The number of amides is 4. The van der Waals surface area contributed by atoms with Crippen LogP contribution in [0.5, 0.6) is 0 Å². The summed E-state index contributed by atoms with van der Waals surface area (Å²) < 4.78 is 9.95. The summed E-state index contributed by atoms with van der Waals surface area (Å²) in [7, 11) is 2.60. The summed E-state index contributed by atoms with van der Waals surface area (Å²) in [5.74, 6) is -2.11. The molecular weight excluding hydrogens is 1030 g/mol. The lowest BCUT2D eigenvalue weighted by atomic mass is 9.79. The van der Waals surface area contributed by atoms with Gasteiger partial charge in [0.2, 0.25) is 11.8 Å². The molecule has 0 radical (unpaired) electrons. The van der Waals surface area contributed by atoms with Crippen molar-refractivity contribution in [1.29, 1.82) is 0 Å². The molecule has 2 aliphatic rings. The van der Waals surface area contributed by atoms with Gasteiger partial charge in [-0.25, -0.2) is 9.59 Å². The second-order valence-electron chi connectivity index (χ2n) is 18.6. The lowest BCUT2D eigenvalue weighted by Crippen LogP contribution is -2.49. The van der Waals surface area contributed by atoms with Crippen molar-refractivity contribution in [1.82, 2.24) is 10.6 Å². The molecule has 0 aromatic heterocycles. The first-order valence-corrected chi connectivity index (χ1v) is 26.3. The van der Waals surface area contributed by atoms with Crippen molar-refractivity contribution >= 4 is 93.3 Å². The third-order valence-electron chi connectivity index (χ3n) is 13.7. The zero-order valence-electron chi connectivity index (χ0n) is 41.7. The molecule has 4 aromatic carbocycles. The maximum atomic E-state index is 13.4. The molecule has 0 bridgehead atoms. The first kappa shape index (κ1) is 59.0. The van der Waals surface area contributed by atoms with Gasteiger partial charge in [-0.2, -0.15) is 0 Å². The van der Waals surface area contributed by atoms with Gasteiger partial charge in [0.1, 0.15) is 12.1 Å². The van der Waals surface area contributed by atoms with Crippen LogP contribution in [0.2, 0.25) is 20.1 Å². The van der Waals surface area contributed by atoms with Crippen LogP contribution in [-0.4, -0.2) is 75.0 Å². The molecule has 6 N–H and O–H groups in total. The molecule has 396 valence electrons. The Morgan fingerprint density at radius 2 is 0.959 bits per heavy atom. The summed E-state index contributed by atoms with van der Waals surface area (Å²) in [6.07, 6.45) is 12.3. The number of hydrogen-bond donors (Lipinski definition) is 5. The Kier molecular flexibility index (Phi) is 23.4. The van der Waals surface area contributed by atoms with Crippen molar-refractivity contribution in [2.24, 2.45) is 21.7 Å². The Balaban J connectivity index is 0.000000274. The predicted molar refractivity (Wildman–Crippen MR) is 290 cm³/mol. The van der Waals surface area contributed by atoms with Crippen LogP contribution in [0.1, 0.15) is 122 Å². The summed E-state index contributed by atoms with van der Waals surface area (Å²) in [6.45, 7) is 1.01. The molecule has 2 saturated carbocycles. The molecule has 0 heterocycles. The number of esters is 2. The van der Waals surface area contributed by atoms with Crippen molar-refractivity contribution in [2.75, 3.05) is 37.9 Å². The fourth-order valence-electron chi connectivity index (χ4n) is 9.61. The highest BCUT2D eigenvalue weighted by Gasteiger charge is 2.43. The quantitative estimate of drug-likeness (QED) is 0.0156. The molecule has 20 heteroatoms. The maximum absolute atomic E-state index is 13.4. The zero-order valence-corrected chi connectivity index (χ0v) is 44.7. The molecule has 4 aromatic rings. The number of azide groups is 1. The van der Waals surface area contributed by atoms with E-state index in [1.54, 1.807) is 84.9 Å². The van der Waals surface area contributed by atoms with Crippen LogP contribution in [0.3, 0.4) is 0 Å². The number of rotatable bonds is 23. The summed E-state index contributed by atoms with van der Waals surface area (Å²) in [6, 6.07) is 22.0. The number of carbonyl (C=O) groups is 6. The SMILES string of the molecule is COC(=O)C(Cc1ccc(NC(=O)c2c(Cl)cccc2Cl)cc1)NC(=O)C1(CCCCN)CCCC1.COC(=O)C(Cc1ccc(NC(=O)c2c(Cl)cccc2Cl)cc1)NC(=O)C1(CCCCN=[N+]=[N-])CCCC1. The lowest BCUT2D eigenvalue weighted by molar-refractivity contribution is -0.147. The molecule has 4 amide bonds. The van der Waals surface area contributed by atoms with Gasteiger partial charge >= 0.3 is 11.9 Å². The van der Waals surface area contributed by atoms with Crippen molar-refractivity contribution in [3.63, 3.8) is 0 Å². The third kappa shape index (κ3) is 16.6. The van der Waals surface area contributed by atoms with E-state index in [2.05, 4.69) is 31.3 Å².